The highest BCUT2D eigenvalue weighted by Crippen LogP contribution is 2.19. The fourth-order valence-electron chi connectivity index (χ4n) is 2.12. The second kappa shape index (κ2) is 7.22. The lowest BCUT2D eigenvalue weighted by atomic mass is 10.1. The second-order valence-corrected chi connectivity index (χ2v) is 6.13. The van der Waals surface area contributed by atoms with Gasteiger partial charge < -0.3 is 10.4 Å². The van der Waals surface area contributed by atoms with E-state index in [1.165, 1.54) is 11.3 Å². The first kappa shape index (κ1) is 15.5. The van der Waals surface area contributed by atoms with E-state index in [2.05, 4.69) is 17.2 Å². The second-order valence-electron chi connectivity index (χ2n) is 4.93. The fraction of sp³-hybridized carbons (Fsp3) is 0.375. The molecular weight excluding hydrogens is 284 g/mol. The zero-order chi connectivity index (χ0) is 15.2. The van der Waals surface area contributed by atoms with Crippen LogP contribution >= 0.6 is 11.3 Å². The lowest BCUT2D eigenvalue weighted by molar-refractivity contribution is 0.0957. The number of nitrogens with zero attached hydrogens (tertiary/aromatic N) is 1. The fourth-order valence-corrected chi connectivity index (χ4v) is 3.00. The Morgan fingerprint density at radius 3 is 2.67 bits per heavy atom. The number of benzene rings is 1. The molecule has 0 fully saturated rings. The molecule has 0 aliphatic rings. The van der Waals surface area contributed by atoms with Crippen molar-refractivity contribution in [1.82, 2.24) is 10.3 Å². The minimum atomic E-state index is -0.0390. The summed E-state index contributed by atoms with van der Waals surface area (Å²) in [4.78, 5) is 17.4. The summed E-state index contributed by atoms with van der Waals surface area (Å²) in [6.07, 6.45) is 2.56. The monoisotopic (exact) mass is 304 g/mol. The molecule has 0 aliphatic carbocycles. The molecule has 2 N–H and O–H groups in total. The zero-order valence-corrected chi connectivity index (χ0v) is 13.2. The van der Waals surface area contributed by atoms with Gasteiger partial charge in [-0.3, -0.25) is 4.79 Å². The van der Waals surface area contributed by atoms with Crippen LogP contribution in [0.25, 0.3) is 0 Å². The van der Waals surface area contributed by atoms with Crippen LogP contribution in [-0.4, -0.2) is 22.5 Å². The molecule has 2 aromatic rings. The molecule has 2 rings (SSSR count). The van der Waals surface area contributed by atoms with Gasteiger partial charge in [0.2, 0.25) is 0 Å². The zero-order valence-electron chi connectivity index (χ0n) is 12.3. The van der Waals surface area contributed by atoms with Crippen LogP contribution in [-0.2, 0) is 12.8 Å². The van der Waals surface area contributed by atoms with E-state index in [1.807, 2.05) is 19.1 Å². The van der Waals surface area contributed by atoms with Crippen LogP contribution in [0.15, 0.2) is 24.3 Å². The van der Waals surface area contributed by atoms with Gasteiger partial charge in [0.15, 0.2) is 0 Å². The molecule has 0 atom stereocenters. The van der Waals surface area contributed by atoms with Crippen molar-refractivity contribution < 1.29 is 9.90 Å². The summed E-state index contributed by atoms with van der Waals surface area (Å²) in [5.74, 6) is 0.218. The van der Waals surface area contributed by atoms with E-state index in [0.717, 1.165) is 40.4 Å². The molecule has 4 nitrogen and oxygen atoms in total. The number of phenolic OH excluding ortho intramolecular Hbond substituents is 1. The van der Waals surface area contributed by atoms with E-state index in [0.29, 0.717) is 6.54 Å². The van der Waals surface area contributed by atoms with Crippen LogP contribution in [0.1, 0.15) is 39.3 Å². The van der Waals surface area contributed by atoms with Gasteiger partial charge in [-0.05, 0) is 37.5 Å². The van der Waals surface area contributed by atoms with Gasteiger partial charge in [-0.25, -0.2) is 4.98 Å². The van der Waals surface area contributed by atoms with Crippen LogP contribution in [0.2, 0.25) is 0 Å². The Labute approximate surface area is 128 Å². The number of phenols is 1. The first-order valence-electron chi connectivity index (χ1n) is 7.12. The normalized spacial score (nSPS) is 10.6. The Morgan fingerprint density at radius 2 is 2.00 bits per heavy atom. The number of amides is 1. The average molecular weight is 304 g/mol. The summed E-state index contributed by atoms with van der Waals surface area (Å²) in [5.41, 5.74) is 1.99. The minimum Gasteiger partial charge on any atom is -0.508 e. The van der Waals surface area contributed by atoms with E-state index in [9.17, 15) is 9.90 Å². The molecule has 0 saturated heterocycles. The maximum Gasteiger partial charge on any atom is 0.263 e. The number of nitrogens with one attached hydrogen (secondary N) is 1. The van der Waals surface area contributed by atoms with Gasteiger partial charge in [-0.2, -0.15) is 0 Å². The van der Waals surface area contributed by atoms with Crippen LogP contribution < -0.4 is 5.32 Å². The predicted octanol–water partition coefficient (Wildman–Crippen LogP) is 3.08. The van der Waals surface area contributed by atoms with Crippen LogP contribution in [0, 0.1) is 6.92 Å². The summed E-state index contributed by atoms with van der Waals surface area (Å²) in [7, 11) is 0. The van der Waals surface area contributed by atoms with E-state index in [4.69, 9.17) is 0 Å². The summed E-state index contributed by atoms with van der Waals surface area (Å²) in [6.45, 7) is 4.59. The smallest absolute Gasteiger partial charge is 0.263 e. The first-order valence-corrected chi connectivity index (χ1v) is 7.94. The number of hydrogen-bond acceptors (Lipinski definition) is 4. The number of carbonyl (C=O) groups excluding carboxylic acids is 1. The van der Waals surface area contributed by atoms with Gasteiger partial charge in [-0.15, -0.1) is 11.3 Å². The van der Waals surface area contributed by atoms with Crippen LogP contribution in [0.3, 0.4) is 0 Å². The highest BCUT2D eigenvalue weighted by molar-refractivity contribution is 7.13. The highest BCUT2D eigenvalue weighted by atomic mass is 32.1. The van der Waals surface area contributed by atoms with Gasteiger partial charge in [0.25, 0.3) is 5.91 Å². The molecule has 1 amide bonds. The van der Waals surface area contributed by atoms with Crippen molar-refractivity contribution in [2.45, 2.75) is 33.1 Å². The van der Waals surface area contributed by atoms with Gasteiger partial charge in [0.1, 0.15) is 10.6 Å². The molecule has 0 unspecified atom stereocenters. The molecule has 21 heavy (non-hydrogen) atoms. The quantitative estimate of drug-likeness (QED) is 0.862. The molecule has 1 aromatic heterocycles. The lowest BCUT2D eigenvalue weighted by Crippen LogP contribution is -2.25. The van der Waals surface area contributed by atoms with E-state index in [-0.39, 0.29) is 11.7 Å². The van der Waals surface area contributed by atoms with E-state index < -0.39 is 0 Å². The summed E-state index contributed by atoms with van der Waals surface area (Å²) in [5, 5.41) is 13.1. The molecular formula is C16H20N2O2S. The summed E-state index contributed by atoms with van der Waals surface area (Å²) < 4.78 is 0. The number of thiazole rings is 1. The molecule has 0 radical (unpaired) electrons. The van der Waals surface area contributed by atoms with E-state index >= 15 is 0 Å². The van der Waals surface area contributed by atoms with Crippen LogP contribution in [0.5, 0.6) is 5.75 Å². The Bertz CT molecular complexity index is 605. The molecule has 0 aliphatic heterocycles. The van der Waals surface area contributed by atoms with Crippen molar-refractivity contribution in [3.63, 3.8) is 0 Å². The Hall–Kier alpha value is -1.88. The standard InChI is InChI=1S/C16H20N2O2S/c1-3-4-14-15(21-11(2)18-14)16(20)17-10-9-12-5-7-13(19)8-6-12/h5-8,19H,3-4,9-10H2,1-2H3,(H,17,20). The number of aromatic nitrogens is 1. The molecule has 0 spiro atoms. The van der Waals surface area contributed by atoms with Crippen molar-refractivity contribution in [3.8, 4) is 5.75 Å². The van der Waals surface area contributed by atoms with Crippen molar-refractivity contribution >= 4 is 17.2 Å². The number of aryl methyl sites for hydroxylation is 2. The minimum absolute atomic E-state index is 0.0390. The Morgan fingerprint density at radius 1 is 1.29 bits per heavy atom. The van der Waals surface area contributed by atoms with Gasteiger partial charge >= 0.3 is 0 Å². The largest absolute Gasteiger partial charge is 0.508 e. The van der Waals surface area contributed by atoms with Gasteiger partial charge in [-0.1, -0.05) is 25.5 Å². The Kier molecular flexibility index (Phi) is 5.33. The van der Waals surface area contributed by atoms with Crippen molar-refractivity contribution in [1.29, 1.82) is 0 Å². The predicted molar refractivity (Wildman–Crippen MR) is 85.0 cm³/mol. The van der Waals surface area contributed by atoms with Gasteiger partial charge in [0.05, 0.1) is 10.7 Å². The lowest BCUT2D eigenvalue weighted by Gasteiger charge is -2.05. The van der Waals surface area contributed by atoms with Crippen molar-refractivity contribution in [2.75, 3.05) is 6.54 Å². The SMILES string of the molecule is CCCc1nc(C)sc1C(=O)NCCc1ccc(O)cc1. The molecule has 0 bridgehead atoms. The third kappa shape index (κ3) is 4.29. The molecule has 0 saturated carbocycles. The van der Waals surface area contributed by atoms with Crippen molar-refractivity contribution in [2.24, 2.45) is 0 Å². The van der Waals surface area contributed by atoms with Crippen LogP contribution in [0.4, 0.5) is 0 Å². The molecule has 5 heteroatoms. The third-order valence-corrected chi connectivity index (χ3v) is 4.14. The summed E-state index contributed by atoms with van der Waals surface area (Å²) in [6, 6.07) is 7.04. The van der Waals surface area contributed by atoms with E-state index in [1.54, 1.807) is 12.1 Å². The third-order valence-electron chi connectivity index (χ3n) is 3.13. The summed E-state index contributed by atoms with van der Waals surface area (Å²) >= 11 is 1.45. The van der Waals surface area contributed by atoms with Gasteiger partial charge in [0, 0.05) is 6.54 Å². The maximum atomic E-state index is 12.2. The Balaban J connectivity index is 1.91. The number of aromatic hydroxyl groups is 1. The first-order chi connectivity index (χ1) is 10.1. The average Bonchev–Trinajstić information content (AvgIpc) is 2.82. The number of rotatable bonds is 6. The topological polar surface area (TPSA) is 62.2 Å². The molecule has 1 aromatic carbocycles. The molecule has 112 valence electrons. The highest BCUT2D eigenvalue weighted by Gasteiger charge is 2.15. The number of carbonyl (C=O) groups is 1. The number of hydrogen-bond donors (Lipinski definition) is 2. The molecule has 1 heterocycles. The maximum absolute atomic E-state index is 12.2. The van der Waals surface area contributed by atoms with Crippen molar-refractivity contribution in [3.05, 3.63) is 45.4 Å².